The van der Waals surface area contributed by atoms with Crippen LogP contribution < -0.4 is 10.1 Å². The van der Waals surface area contributed by atoms with Crippen molar-refractivity contribution >= 4 is 11.8 Å². The van der Waals surface area contributed by atoms with Crippen molar-refractivity contribution in [2.24, 2.45) is 0 Å². The standard InChI is InChI=1S/C28H31FN2O3/c1-3-16-30-28(33)26(18-21-10-5-4-6-11-21)31(20-22-12-9-14-24(17-22)34-2)27(32)19-23-13-7-8-15-25(23)29/h4-15,17,26H,3,16,18-20H2,1-2H3,(H,30,33). The number of benzene rings is 3. The lowest BCUT2D eigenvalue weighted by molar-refractivity contribution is -0.140. The summed E-state index contributed by atoms with van der Waals surface area (Å²) in [5.41, 5.74) is 2.06. The van der Waals surface area contributed by atoms with Crippen LogP contribution in [0.5, 0.6) is 5.75 Å². The summed E-state index contributed by atoms with van der Waals surface area (Å²) in [5, 5.41) is 2.94. The molecule has 0 radical (unpaired) electrons. The fourth-order valence-electron chi connectivity index (χ4n) is 3.79. The Morgan fingerprint density at radius 3 is 2.38 bits per heavy atom. The number of methoxy groups -OCH3 is 1. The number of amides is 2. The van der Waals surface area contributed by atoms with Gasteiger partial charge in [0.1, 0.15) is 17.6 Å². The molecular weight excluding hydrogens is 431 g/mol. The average Bonchev–Trinajstić information content (AvgIpc) is 2.86. The van der Waals surface area contributed by atoms with E-state index in [1.54, 1.807) is 30.2 Å². The minimum atomic E-state index is -0.751. The molecule has 0 saturated carbocycles. The Bertz CT molecular complexity index is 1090. The zero-order valence-corrected chi connectivity index (χ0v) is 19.7. The van der Waals surface area contributed by atoms with E-state index >= 15 is 0 Å². The lowest BCUT2D eigenvalue weighted by atomic mass is 10.0. The number of carbonyl (C=O) groups excluding carboxylic acids is 2. The molecule has 3 rings (SSSR count). The van der Waals surface area contributed by atoms with E-state index in [-0.39, 0.29) is 24.8 Å². The van der Waals surface area contributed by atoms with Crippen molar-refractivity contribution in [1.82, 2.24) is 10.2 Å². The third-order valence-corrected chi connectivity index (χ3v) is 5.61. The van der Waals surface area contributed by atoms with Crippen LogP contribution in [0, 0.1) is 5.82 Å². The number of carbonyl (C=O) groups is 2. The van der Waals surface area contributed by atoms with E-state index in [1.807, 2.05) is 61.5 Å². The summed E-state index contributed by atoms with van der Waals surface area (Å²) in [6, 6.07) is 22.5. The van der Waals surface area contributed by atoms with Gasteiger partial charge in [-0.3, -0.25) is 9.59 Å². The molecule has 0 aliphatic heterocycles. The number of nitrogens with one attached hydrogen (secondary N) is 1. The van der Waals surface area contributed by atoms with Crippen LogP contribution >= 0.6 is 0 Å². The minimum Gasteiger partial charge on any atom is -0.497 e. The van der Waals surface area contributed by atoms with Gasteiger partial charge in [-0.2, -0.15) is 0 Å². The van der Waals surface area contributed by atoms with Crippen molar-refractivity contribution in [3.05, 3.63) is 101 Å². The molecule has 1 N–H and O–H groups in total. The van der Waals surface area contributed by atoms with Crippen molar-refractivity contribution in [3.8, 4) is 5.75 Å². The van der Waals surface area contributed by atoms with Gasteiger partial charge in [0.2, 0.25) is 11.8 Å². The average molecular weight is 463 g/mol. The smallest absolute Gasteiger partial charge is 0.243 e. The quantitative estimate of drug-likeness (QED) is 0.455. The number of hydrogen-bond donors (Lipinski definition) is 1. The Hall–Kier alpha value is -3.67. The monoisotopic (exact) mass is 462 g/mol. The molecule has 0 bridgehead atoms. The molecule has 1 unspecified atom stereocenters. The van der Waals surface area contributed by atoms with Gasteiger partial charge in [0.25, 0.3) is 0 Å². The van der Waals surface area contributed by atoms with Crippen LogP contribution in [0.25, 0.3) is 0 Å². The second-order valence-corrected chi connectivity index (χ2v) is 8.14. The Morgan fingerprint density at radius 1 is 0.971 bits per heavy atom. The van der Waals surface area contributed by atoms with E-state index in [0.29, 0.717) is 24.3 Å². The molecule has 2 amide bonds. The van der Waals surface area contributed by atoms with Gasteiger partial charge in [-0.25, -0.2) is 4.39 Å². The van der Waals surface area contributed by atoms with E-state index in [4.69, 9.17) is 4.74 Å². The predicted molar refractivity (Wildman–Crippen MR) is 131 cm³/mol. The molecule has 0 saturated heterocycles. The summed E-state index contributed by atoms with van der Waals surface area (Å²) in [6.07, 6.45) is 0.995. The number of rotatable bonds is 11. The maximum atomic E-state index is 14.3. The predicted octanol–water partition coefficient (Wildman–Crippen LogP) is 4.54. The van der Waals surface area contributed by atoms with E-state index in [1.165, 1.54) is 6.07 Å². The Kier molecular flexibility index (Phi) is 9.21. The van der Waals surface area contributed by atoms with E-state index in [0.717, 1.165) is 17.5 Å². The Labute approximate surface area is 200 Å². The number of halogens is 1. The van der Waals surface area contributed by atoms with Gasteiger partial charge in [0, 0.05) is 19.5 Å². The first-order chi connectivity index (χ1) is 16.5. The van der Waals surface area contributed by atoms with Gasteiger partial charge in [0.15, 0.2) is 0 Å². The zero-order valence-electron chi connectivity index (χ0n) is 19.7. The van der Waals surface area contributed by atoms with Crippen molar-refractivity contribution < 1.29 is 18.7 Å². The lowest BCUT2D eigenvalue weighted by Crippen LogP contribution is -2.51. The zero-order chi connectivity index (χ0) is 24.3. The molecule has 3 aromatic carbocycles. The second kappa shape index (κ2) is 12.5. The third-order valence-electron chi connectivity index (χ3n) is 5.61. The number of ether oxygens (including phenoxy) is 1. The first-order valence-corrected chi connectivity index (χ1v) is 11.5. The van der Waals surface area contributed by atoms with Crippen LogP contribution in [0.3, 0.4) is 0 Å². The highest BCUT2D eigenvalue weighted by Gasteiger charge is 2.30. The number of hydrogen-bond acceptors (Lipinski definition) is 3. The van der Waals surface area contributed by atoms with E-state index < -0.39 is 11.9 Å². The molecule has 0 aromatic heterocycles. The summed E-state index contributed by atoms with van der Waals surface area (Å²) in [7, 11) is 1.58. The molecule has 0 aliphatic carbocycles. The summed E-state index contributed by atoms with van der Waals surface area (Å²) in [5.74, 6) is -0.322. The highest BCUT2D eigenvalue weighted by molar-refractivity contribution is 5.88. The van der Waals surface area contributed by atoms with Crippen molar-refractivity contribution in [2.45, 2.75) is 38.8 Å². The fourth-order valence-corrected chi connectivity index (χ4v) is 3.79. The maximum absolute atomic E-state index is 14.3. The van der Waals surface area contributed by atoms with Crippen LogP contribution in [0.2, 0.25) is 0 Å². The maximum Gasteiger partial charge on any atom is 0.243 e. The molecule has 34 heavy (non-hydrogen) atoms. The van der Waals surface area contributed by atoms with Gasteiger partial charge in [-0.05, 0) is 41.3 Å². The first kappa shape index (κ1) is 25.0. The number of nitrogens with zero attached hydrogens (tertiary/aromatic N) is 1. The molecule has 0 aliphatic rings. The molecule has 0 heterocycles. The van der Waals surface area contributed by atoms with Gasteiger partial charge in [0.05, 0.1) is 13.5 Å². The summed E-state index contributed by atoms with van der Waals surface area (Å²) in [6.45, 7) is 2.68. The highest BCUT2D eigenvalue weighted by atomic mass is 19.1. The van der Waals surface area contributed by atoms with Crippen LogP contribution in [-0.2, 0) is 29.0 Å². The molecule has 0 fully saturated rings. The molecule has 3 aromatic rings. The Balaban J connectivity index is 1.97. The topological polar surface area (TPSA) is 58.6 Å². The first-order valence-electron chi connectivity index (χ1n) is 11.5. The summed E-state index contributed by atoms with van der Waals surface area (Å²) >= 11 is 0. The van der Waals surface area contributed by atoms with Crippen LogP contribution in [0.4, 0.5) is 4.39 Å². The van der Waals surface area contributed by atoms with E-state index in [2.05, 4.69) is 5.32 Å². The summed E-state index contributed by atoms with van der Waals surface area (Å²) in [4.78, 5) is 28.4. The summed E-state index contributed by atoms with van der Waals surface area (Å²) < 4.78 is 19.7. The van der Waals surface area contributed by atoms with Gasteiger partial charge < -0.3 is 15.0 Å². The molecular formula is C28H31FN2O3. The lowest BCUT2D eigenvalue weighted by Gasteiger charge is -2.32. The van der Waals surface area contributed by atoms with E-state index in [9.17, 15) is 14.0 Å². The largest absolute Gasteiger partial charge is 0.497 e. The van der Waals surface area contributed by atoms with Gasteiger partial charge in [-0.1, -0.05) is 67.6 Å². The van der Waals surface area contributed by atoms with Crippen LogP contribution in [-0.4, -0.2) is 36.4 Å². The molecule has 1 atom stereocenters. The minimum absolute atomic E-state index is 0.136. The fraction of sp³-hybridized carbons (Fsp3) is 0.286. The normalized spacial score (nSPS) is 11.5. The van der Waals surface area contributed by atoms with Crippen molar-refractivity contribution in [3.63, 3.8) is 0 Å². The molecule has 6 heteroatoms. The van der Waals surface area contributed by atoms with Gasteiger partial charge in [-0.15, -0.1) is 0 Å². The van der Waals surface area contributed by atoms with Crippen LogP contribution in [0.1, 0.15) is 30.0 Å². The molecule has 178 valence electrons. The Morgan fingerprint density at radius 2 is 1.68 bits per heavy atom. The van der Waals surface area contributed by atoms with Crippen molar-refractivity contribution in [2.75, 3.05) is 13.7 Å². The molecule has 5 nitrogen and oxygen atoms in total. The SMILES string of the molecule is CCCNC(=O)C(Cc1ccccc1)N(Cc1cccc(OC)c1)C(=O)Cc1ccccc1F. The van der Waals surface area contributed by atoms with Gasteiger partial charge >= 0.3 is 0 Å². The van der Waals surface area contributed by atoms with Crippen LogP contribution in [0.15, 0.2) is 78.9 Å². The van der Waals surface area contributed by atoms with Crippen molar-refractivity contribution in [1.29, 1.82) is 0 Å². The highest BCUT2D eigenvalue weighted by Crippen LogP contribution is 2.20. The second-order valence-electron chi connectivity index (χ2n) is 8.14. The third kappa shape index (κ3) is 6.91. The molecule has 0 spiro atoms.